The zero-order chi connectivity index (χ0) is 27.4. The largest absolute Gasteiger partial charge is 0.506 e. The number of anilines is 1. The van der Waals surface area contributed by atoms with E-state index in [2.05, 4.69) is 63.7 Å². The SMILES string of the molecule is CC(C)c1cccc(C(C)C)c1N1C=CN(CCO)[CH-]1.O=S(=O)([N-]S(=O)(=O)C(F)(F)F)C(F)(F)F.[Au]. The van der Waals surface area contributed by atoms with Crippen LogP contribution in [0.2, 0.25) is 0 Å². The van der Waals surface area contributed by atoms with Crippen LogP contribution in [-0.2, 0) is 42.4 Å². The molecular weight excluding hydrogens is 725 g/mol. The maximum Gasteiger partial charge on any atom is 0.480 e. The van der Waals surface area contributed by atoms with Crippen molar-refractivity contribution in [1.82, 2.24) is 4.90 Å². The number of β-amino-alcohol motifs (C(OH)–C–C–N with tert-alkyl or cyclic N) is 1. The fraction of sp³-hybridized carbons (Fsp3) is 0.526. The van der Waals surface area contributed by atoms with Crippen LogP contribution in [0.4, 0.5) is 32.0 Å². The van der Waals surface area contributed by atoms with Crippen LogP contribution in [0.1, 0.15) is 50.7 Å². The second kappa shape index (κ2) is 13.0. The van der Waals surface area contributed by atoms with Gasteiger partial charge in [-0.15, -0.1) is 0 Å². The van der Waals surface area contributed by atoms with E-state index in [1.165, 1.54) is 16.8 Å². The van der Waals surface area contributed by atoms with E-state index in [1.54, 1.807) is 0 Å². The van der Waals surface area contributed by atoms with Crippen molar-refractivity contribution in [3.63, 3.8) is 0 Å². The average molecular weight is 751 g/mol. The molecule has 2 rings (SSSR count). The average Bonchev–Trinajstić information content (AvgIpc) is 3.14. The Kier molecular flexibility index (Phi) is 12.5. The Bertz CT molecular complexity index is 1040. The van der Waals surface area contributed by atoms with E-state index < -0.39 is 31.1 Å². The fourth-order valence-electron chi connectivity index (χ4n) is 2.80. The molecule has 0 aliphatic carbocycles. The number of rotatable bonds is 7. The second-order valence-corrected chi connectivity index (χ2v) is 11.2. The van der Waals surface area contributed by atoms with Crippen LogP contribution in [0.5, 0.6) is 0 Å². The number of sulfonamides is 2. The van der Waals surface area contributed by atoms with Crippen molar-refractivity contribution >= 4 is 25.7 Å². The number of hydrogen-bond donors (Lipinski definition) is 1. The monoisotopic (exact) mass is 750 g/mol. The van der Waals surface area contributed by atoms with Gasteiger partial charge in [0.2, 0.25) is 0 Å². The number of halogens is 6. The normalized spacial score (nSPS) is 14.7. The Labute approximate surface area is 221 Å². The maximum atomic E-state index is 11.4. The van der Waals surface area contributed by atoms with Crippen molar-refractivity contribution in [2.45, 2.75) is 50.5 Å². The summed E-state index contributed by atoms with van der Waals surface area (Å²) in [5.41, 5.74) is -8.39. The van der Waals surface area contributed by atoms with E-state index in [9.17, 15) is 43.2 Å². The van der Waals surface area contributed by atoms with Crippen molar-refractivity contribution < 1.29 is 70.7 Å². The molecule has 0 unspecified atom stereocenters. The molecular formula is C19H25AuF6N3O5S2-2. The summed E-state index contributed by atoms with van der Waals surface area (Å²) in [5, 5.41) is 9.06. The van der Waals surface area contributed by atoms with Crippen molar-refractivity contribution in [1.29, 1.82) is 0 Å². The minimum Gasteiger partial charge on any atom is -0.506 e. The molecule has 0 aromatic heterocycles. The zero-order valence-electron chi connectivity index (χ0n) is 19.3. The van der Waals surface area contributed by atoms with Crippen LogP contribution in [0, 0.1) is 6.67 Å². The molecule has 1 aromatic rings. The summed E-state index contributed by atoms with van der Waals surface area (Å²) in [5.74, 6) is 0.967. The van der Waals surface area contributed by atoms with Gasteiger partial charge in [-0.2, -0.15) is 33.0 Å². The van der Waals surface area contributed by atoms with Crippen molar-refractivity contribution in [2.75, 3.05) is 18.1 Å². The van der Waals surface area contributed by atoms with E-state index in [0.29, 0.717) is 18.4 Å². The first kappa shape index (κ1) is 34.7. The van der Waals surface area contributed by atoms with Crippen LogP contribution in [0.25, 0.3) is 4.13 Å². The van der Waals surface area contributed by atoms with Crippen LogP contribution >= 0.6 is 0 Å². The first-order valence-electron chi connectivity index (χ1n) is 9.93. The van der Waals surface area contributed by atoms with E-state index in [1.807, 2.05) is 11.1 Å². The molecule has 1 heterocycles. The molecule has 1 aromatic carbocycles. The Hall–Kier alpha value is -1.30. The topological polar surface area (TPSA) is 109 Å². The van der Waals surface area contributed by atoms with E-state index in [4.69, 9.17) is 5.11 Å². The maximum absolute atomic E-state index is 11.4. The molecule has 1 radical (unpaired) electrons. The van der Waals surface area contributed by atoms with Crippen LogP contribution in [-0.4, -0.2) is 51.0 Å². The molecule has 0 amide bonds. The number of aliphatic hydroxyl groups excluding tert-OH is 1. The van der Waals surface area contributed by atoms with Crippen molar-refractivity contribution in [3.05, 3.63) is 52.5 Å². The Morgan fingerprint density at radius 3 is 1.64 bits per heavy atom. The quantitative estimate of drug-likeness (QED) is 0.245. The fourth-order valence-corrected chi connectivity index (χ4v) is 4.51. The minimum absolute atomic E-state index is 0. The summed E-state index contributed by atoms with van der Waals surface area (Å²) in [6, 6.07) is 6.57. The van der Waals surface area contributed by atoms with Gasteiger partial charge in [0, 0.05) is 34.6 Å². The van der Waals surface area contributed by atoms with Crippen molar-refractivity contribution in [2.24, 2.45) is 0 Å². The molecule has 0 bridgehead atoms. The van der Waals surface area contributed by atoms with E-state index >= 15 is 0 Å². The Morgan fingerprint density at radius 2 is 1.31 bits per heavy atom. The first-order chi connectivity index (χ1) is 15.7. The van der Waals surface area contributed by atoms with Gasteiger partial charge < -0.3 is 19.0 Å². The number of benzene rings is 1. The third-order valence-electron chi connectivity index (χ3n) is 4.43. The molecule has 17 heteroatoms. The number of nitrogens with zero attached hydrogens (tertiary/aromatic N) is 3. The molecule has 8 nitrogen and oxygen atoms in total. The Morgan fingerprint density at radius 1 is 0.889 bits per heavy atom. The van der Waals surface area contributed by atoms with E-state index in [-0.39, 0.29) is 29.0 Å². The predicted molar refractivity (Wildman–Crippen MR) is 118 cm³/mol. The predicted octanol–water partition coefficient (Wildman–Crippen LogP) is 4.69. The summed E-state index contributed by atoms with van der Waals surface area (Å²) in [4.78, 5) is 4.20. The molecule has 0 saturated heterocycles. The second-order valence-electron chi connectivity index (χ2n) is 7.79. The van der Waals surface area contributed by atoms with E-state index in [0.717, 1.165) is 4.13 Å². The van der Waals surface area contributed by atoms with Crippen LogP contribution in [0.15, 0.2) is 30.6 Å². The molecule has 213 valence electrons. The van der Waals surface area contributed by atoms with Gasteiger partial charge in [0.05, 0.1) is 6.61 Å². The zero-order valence-corrected chi connectivity index (χ0v) is 23.1. The smallest absolute Gasteiger partial charge is 0.480 e. The molecule has 0 spiro atoms. The van der Waals surface area contributed by atoms with Gasteiger partial charge in [-0.25, -0.2) is 16.8 Å². The first-order valence-corrected chi connectivity index (χ1v) is 12.8. The molecule has 0 fully saturated rings. The summed E-state index contributed by atoms with van der Waals surface area (Å²) < 4.78 is 109. The Balaban J connectivity index is 0.000000693. The molecule has 0 saturated carbocycles. The number of para-hydroxylation sites is 1. The number of alkyl halides is 6. The summed E-state index contributed by atoms with van der Waals surface area (Å²) >= 11 is 0. The molecule has 1 aliphatic heterocycles. The molecule has 36 heavy (non-hydrogen) atoms. The summed E-state index contributed by atoms with van der Waals surface area (Å²) in [6.07, 6.45) is 4.08. The third kappa shape index (κ3) is 8.92. The standard InChI is InChI=1S/C17H25N2O.C2F6NO4S2.Au/c1-13(2)15-6-5-7-16(14(3)4)17(15)19-9-8-18(12-19)10-11-20;3-1(4,5)14(10,11)9-15(12,13)2(6,7)8;/h5-9,12-14,20H,10-11H2,1-4H3;;/q2*-1;. The molecule has 1 N–H and O–H groups in total. The van der Waals surface area contributed by atoms with Gasteiger partial charge in [-0.05, 0) is 35.4 Å². The van der Waals surface area contributed by atoms with Crippen LogP contribution in [0.3, 0.4) is 0 Å². The van der Waals surface area contributed by atoms with Gasteiger partial charge in [0.25, 0.3) is 0 Å². The molecule has 0 atom stereocenters. The molecule has 1 aliphatic rings. The van der Waals surface area contributed by atoms with Gasteiger partial charge in [0.1, 0.15) is 0 Å². The third-order valence-corrected chi connectivity index (χ3v) is 7.17. The van der Waals surface area contributed by atoms with Crippen molar-refractivity contribution in [3.8, 4) is 0 Å². The number of aliphatic hydroxyl groups is 1. The summed E-state index contributed by atoms with van der Waals surface area (Å²) in [7, 11) is -13.4. The van der Waals surface area contributed by atoms with Gasteiger partial charge in [-0.3, -0.25) is 0 Å². The van der Waals surface area contributed by atoms with Gasteiger partial charge >= 0.3 is 11.0 Å². The minimum atomic E-state index is -6.72. The van der Waals surface area contributed by atoms with Gasteiger partial charge in [0.15, 0.2) is 20.0 Å². The number of hydrogen-bond acceptors (Lipinski definition) is 7. The van der Waals surface area contributed by atoms with Gasteiger partial charge in [-0.1, -0.05) is 45.9 Å². The van der Waals surface area contributed by atoms with Crippen LogP contribution < -0.4 is 4.90 Å². The summed E-state index contributed by atoms with van der Waals surface area (Å²) in [6.45, 7) is 11.8.